The Morgan fingerprint density at radius 1 is 1.14 bits per heavy atom. The van der Waals surface area contributed by atoms with Gasteiger partial charge in [-0.2, -0.15) is 0 Å². The van der Waals surface area contributed by atoms with Crippen molar-refractivity contribution in [2.24, 2.45) is 22.7 Å². The maximum absolute atomic E-state index is 13.1. The summed E-state index contributed by atoms with van der Waals surface area (Å²) >= 11 is 0. The molecule has 3 unspecified atom stereocenters. The molecule has 194 valence electrons. The van der Waals surface area contributed by atoms with Crippen molar-refractivity contribution in [3.05, 3.63) is 42.2 Å². The third kappa shape index (κ3) is 4.70. The fraction of sp³-hybridized carbons (Fsp3) is 0.621. The predicted molar refractivity (Wildman–Crippen MR) is 146 cm³/mol. The van der Waals surface area contributed by atoms with Gasteiger partial charge in [0.15, 0.2) is 0 Å². The van der Waals surface area contributed by atoms with Gasteiger partial charge >= 0.3 is 0 Å². The third-order valence-electron chi connectivity index (χ3n) is 9.45. The minimum Gasteiger partial charge on any atom is -0.369 e. The van der Waals surface area contributed by atoms with Crippen LogP contribution in [0.5, 0.6) is 0 Å². The van der Waals surface area contributed by atoms with Crippen LogP contribution in [0.2, 0.25) is 0 Å². The molecule has 0 spiro atoms. The molecule has 2 saturated carbocycles. The molecule has 1 amide bonds. The van der Waals surface area contributed by atoms with Crippen LogP contribution in [0, 0.1) is 22.7 Å². The molecule has 1 saturated heterocycles. The first-order valence-electron chi connectivity index (χ1n) is 13.6. The topological polar surface area (TPSA) is 73.4 Å². The predicted octanol–water partition coefficient (Wildman–Crippen LogP) is 4.94. The van der Waals surface area contributed by atoms with Crippen LogP contribution in [0.25, 0.3) is 0 Å². The number of hydrogen-bond acceptors (Lipinski definition) is 6. The second-order valence-corrected chi connectivity index (χ2v) is 12.3. The average Bonchev–Trinajstić information content (AvgIpc) is 3.18. The van der Waals surface area contributed by atoms with Gasteiger partial charge in [-0.15, -0.1) is 0 Å². The highest BCUT2D eigenvalue weighted by molar-refractivity contribution is 5.92. The number of amides is 1. The number of nitrogens with zero attached hydrogens (tertiary/aromatic N) is 4. The summed E-state index contributed by atoms with van der Waals surface area (Å²) in [5, 5.41) is 6.63. The summed E-state index contributed by atoms with van der Waals surface area (Å²) in [6.07, 6.45) is 5.16. The Bertz CT molecular complexity index is 1090. The van der Waals surface area contributed by atoms with Crippen LogP contribution >= 0.6 is 0 Å². The van der Waals surface area contributed by atoms with Crippen molar-refractivity contribution in [2.45, 2.75) is 59.9 Å². The summed E-state index contributed by atoms with van der Waals surface area (Å²) in [6.45, 7) is 17.0. The monoisotopic (exact) mass is 490 g/mol. The molecule has 2 aliphatic carbocycles. The van der Waals surface area contributed by atoms with E-state index in [-0.39, 0.29) is 22.8 Å². The smallest absolute Gasteiger partial charge is 0.270 e. The van der Waals surface area contributed by atoms with Crippen molar-refractivity contribution in [3.8, 4) is 0 Å². The minimum atomic E-state index is -0.108. The Morgan fingerprint density at radius 3 is 2.58 bits per heavy atom. The zero-order valence-corrected chi connectivity index (χ0v) is 22.6. The van der Waals surface area contributed by atoms with E-state index in [0.717, 1.165) is 44.8 Å². The quantitative estimate of drug-likeness (QED) is 0.573. The summed E-state index contributed by atoms with van der Waals surface area (Å²) in [6, 6.07) is 10.3. The molecule has 7 heteroatoms. The summed E-state index contributed by atoms with van der Waals surface area (Å²) in [7, 11) is 0. The number of hydrogen-bond donors (Lipinski definition) is 2. The molecule has 2 N–H and O–H groups in total. The van der Waals surface area contributed by atoms with Gasteiger partial charge in [-0.1, -0.05) is 40.7 Å². The van der Waals surface area contributed by atoms with Crippen molar-refractivity contribution in [1.29, 1.82) is 0 Å². The van der Waals surface area contributed by atoms with Gasteiger partial charge in [-0.05, 0) is 66.2 Å². The lowest BCUT2D eigenvalue weighted by atomic mass is 9.69. The Kier molecular flexibility index (Phi) is 6.70. The van der Waals surface area contributed by atoms with Crippen molar-refractivity contribution in [1.82, 2.24) is 20.2 Å². The third-order valence-corrected chi connectivity index (χ3v) is 9.45. The van der Waals surface area contributed by atoms with E-state index in [9.17, 15) is 4.79 Å². The lowest BCUT2D eigenvalue weighted by molar-refractivity contribution is 0.0821. The number of nitrogens with one attached hydrogen (secondary N) is 2. The number of piperazine rings is 1. The lowest BCUT2D eigenvalue weighted by Gasteiger charge is -2.39. The maximum atomic E-state index is 13.1. The van der Waals surface area contributed by atoms with Gasteiger partial charge in [0.2, 0.25) is 5.95 Å². The molecule has 1 aromatic heterocycles. The Hall–Kier alpha value is -2.67. The number of fused-ring (bicyclic) bond motifs is 2. The Morgan fingerprint density at radius 2 is 1.92 bits per heavy atom. The number of carbonyl (C=O) groups is 1. The first kappa shape index (κ1) is 25.0. The highest BCUT2D eigenvalue weighted by atomic mass is 16.2. The fourth-order valence-electron chi connectivity index (χ4n) is 6.81. The van der Waals surface area contributed by atoms with E-state index in [1.54, 1.807) is 12.3 Å². The lowest BCUT2D eigenvalue weighted by Crippen LogP contribution is -2.47. The number of carbonyl (C=O) groups excluding carboxylic acids is 1. The molecule has 1 aliphatic heterocycles. The number of rotatable bonds is 7. The van der Waals surface area contributed by atoms with Crippen LogP contribution in [-0.2, 0) is 0 Å². The first-order valence-corrected chi connectivity index (χ1v) is 13.6. The van der Waals surface area contributed by atoms with Crippen LogP contribution in [0.15, 0.2) is 36.5 Å². The van der Waals surface area contributed by atoms with Gasteiger partial charge < -0.3 is 15.5 Å². The number of benzene rings is 1. The molecule has 36 heavy (non-hydrogen) atoms. The average molecular weight is 491 g/mol. The van der Waals surface area contributed by atoms with Crippen LogP contribution in [-0.4, -0.2) is 59.5 Å². The summed E-state index contributed by atoms with van der Waals surface area (Å²) in [4.78, 5) is 27.1. The molecule has 2 heterocycles. The molecular weight excluding hydrogens is 448 g/mol. The summed E-state index contributed by atoms with van der Waals surface area (Å²) in [5.41, 5.74) is 2.94. The van der Waals surface area contributed by atoms with E-state index in [4.69, 9.17) is 0 Å². The van der Waals surface area contributed by atoms with Crippen LogP contribution < -0.4 is 15.5 Å². The van der Waals surface area contributed by atoms with E-state index in [1.165, 1.54) is 18.5 Å². The van der Waals surface area contributed by atoms with Gasteiger partial charge in [-0.3, -0.25) is 9.69 Å². The molecule has 3 atom stereocenters. The van der Waals surface area contributed by atoms with Crippen molar-refractivity contribution < 1.29 is 4.79 Å². The SMILES string of the molecule is CC(C)CN1CCN(c2cccc(Nc3nccc(C(=O)NC4CC5CCC4(C)C5(C)C)n3)c2)CC1. The summed E-state index contributed by atoms with van der Waals surface area (Å²) in [5.74, 6) is 1.72. The molecule has 0 radical (unpaired) electrons. The molecule has 1 aromatic carbocycles. The molecule has 2 aromatic rings. The van der Waals surface area contributed by atoms with Crippen molar-refractivity contribution in [3.63, 3.8) is 0 Å². The van der Waals surface area contributed by atoms with Gasteiger partial charge in [0.25, 0.3) is 5.91 Å². The van der Waals surface area contributed by atoms with E-state index in [1.807, 2.05) is 6.07 Å². The number of anilines is 3. The van der Waals surface area contributed by atoms with E-state index >= 15 is 0 Å². The normalized spacial score (nSPS) is 27.4. The Balaban J connectivity index is 1.22. The molecule has 2 bridgehead atoms. The highest BCUT2D eigenvalue weighted by Crippen LogP contribution is 2.65. The maximum Gasteiger partial charge on any atom is 0.270 e. The van der Waals surface area contributed by atoms with E-state index in [2.05, 4.69) is 83.2 Å². The molecule has 7 nitrogen and oxygen atoms in total. The van der Waals surface area contributed by atoms with Gasteiger partial charge in [0.05, 0.1) is 0 Å². The van der Waals surface area contributed by atoms with Gasteiger partial charge in [-0.25, -0.2) is 9.97 Å². The summed E-state index contributed by atoms with van der Waals surface area (Å²) < 4.78 is 0. The zero-order valence-electron chi connectivity index (χ0n) is 22.6. The molecule has 3 fully saturated rings. The minimum absolute atomic E-state index is 0.108. The van der Waals surface area contributed by atoms with E-state index < -0.39 is 0 Å². The Labute approximate surface area is 216 Å². The van der Waals surface area contributed by atoms with Crippen molar-refractivity contribution >= 4 is 23.2 Å². The standard InChI is InChI=1S/C29H42N6O/c1-20(2)19-34-13-15-35(16-14-34)23-8-6-7-22(18-23)31-27-30-12-10-24(32-27)26(36)33-25-17-21-9-11-29(25,5)28(21,3)4/h6-8,10,12,18,20-21,25H,9,11,13-17,19H2,1-5H3,(H,33,36)(H,30,31,32). The molecule has 3 aliphatic rings. The second kappa shape index (κ2) is 9.66. The van der Waals surface area contributed by atoms with Crippen LogP contribution in [0.3, 0.4) is 0 Å². The van der Waals surface area contributed by atoms with Crippen molar-refractivity contribution in [2.75, 3.05) is 42.9 Å². The fourth-order valence-corrected chi connectivity index (χ4v) is 6.81. The van der Waals surface area contributed by atoms with E-state index in [0.29, 0.717) is 23.5 Å². The first-order chi connectivity index (χ1) is 17.2. The van der Waals surface area contributed by atoms with Crippen LogP contribution in [0.1, 0.15) is 64.4 Å². The van der Waals surface area contributed by atoms with Gasteiger partial charge in [0.1, 0.15) is 5.69 Å². The number of aromatic nitrogens is 2. The zero-order chi connectivity index (χ0) is 25.5. The largest absolute Gasteiger partial charge is 0.369 e. The second-order valence-electron chi connectivity index (χ2n) is 12.3. The molecular formula is C29H42N6O. The highest BCUT2D eigenvalue weighted by Gasteiger charge is 2.61. The van der Waals surface area contributed by atoms with Crippen LogP contribution in [0.4, 0.5) is 17.3 Å². The molecule has 5 rings (SSSR count). The van der Waals surface area contributed by atoms with Gasteiger partial charge in [0, 0.05) is 56.3 Å².